The molecule has 2 unspecified atom stereocenters. The summed E-state index contributed by atoms with van der Waals surface area (Å²) in [5.41, 5.74) is 4.20. The van der Waals surface area contributed by atoms with E-state index in [1.807, 2.05) is 32.9 Å². The van der Waals surface area contributed by atoms with Gasteiger partial charge in [0.1, 0.15) is 0 Å². The molecule has 0 saturated heterocycles. The molecule has 80 valence electrons. The predicted octanol–water partition coefficient (Wildman–Crippen LogP) is 2.80. The van der Waals surface area contributed by atoms with Crippen molar-refractivity contribution in [2.45, 2.75) is 33.8 Å². The minimum atomic E-state index is -0.685. The van der Waals surface area contributed by atoms with Gasteiger partial charge in [-0.15, -0.1) is 0 Å². The molecule has 0 aromatic heterocycles. The van der Waals surface area contributed by atoms with Gasteiger partial charge in [0.15, 0.2) is 0 Å². The first-order valence-corrected chi connectivity index (χ1v) is 5.12. The standard InChI is InChI=1S/C13H17NO/c1-8-5-9(2)12(10(3)6-8)13(15)11(4)7-14/h5-6,11,13,15H,1-4H3. The Kier molecular flexibility index (Phi) is 3.49. The molecule has 1 N–H and O–H groups in total. The van der Waals surface area contributed by atoms with Gasteiger partial charge in [-0.25, -0.2) is 0 Å². The van der Waals surface area contributed by atoms with Gasteiger partial charge in [-0.3, -0.25) is 0 Å². The lowest BCUT2D eigenvalue weighted by Crippen LogP contribution is -2.10. The van der Waals surface area contributed by atoms with Crippen LogP contribution < -0.4 is 0 Å². The number of hydrogen-bond acceptors (Lipinski definition) is 2. The number of aliphatic hydroxyl groups excluding tert-OH is 1. The quantitative estimate of drug-likeness (QED) is 0.803. The SMILES string of the molecule is Cc1cc(C)c(C(O)C(C)C#N)c(C)c1. The van der Waals surface area contributed by atoms with Crippen molar-refractivity contribution >= 4 is 0 Å². The predicted molar refractivity (Wildman–Crippen MR) is 60.4 cm³/mol. The highest BCUT2D eigenvalue weighted by atomic mass is 16.3. The Hall–Kier alpha value is -1.33. The number of nitrogens with zero attached hydrogens (tertiary/aromatic N) is 1. The van der Waals surface area contributed by atoms with Gasteiger partial charge in [0, 0.05) is 0 Å². The van der Waals surface area contributed by atoms with Crippen LogP contribution in [0.4, 0.5) is 0 Å². The first-order valence-electron chi connectivity index (χ1n) is 5.12. The highest BCUT2D eigenvalue weighted by Crippen LogP contribution is 2.28. The summed E-state index contributed by atoms with van der Waals surface area (Å²) in [6, 6.07) is 6.16. The van der Waals surface area contributed by atoms with Crippen molar-refractivity contribution in [3.05, 3.63) is 34.4 Å². The van der Waals surface area contributed by atoms with Gasteiger partial charge in [-0.1, -0.05) is 17.7 Å². The second-order valence-corrected chi connectivity index (χ2v) is 4.18. The van der Waals surface area contributed by atoms with Crippen LogP contribution in [0, 0.1) is 38.0 Å². The minimum absolute atomic E-state index is 0.370. The maximum Gasteiger partial charge on any atom is 0.0950 e. The van der Waals surface area contributed by atoms with Crippen LogP contribution >= 0.6 is 0 Å². The summed E-state index contributed by atoms with van der Waals surface area (Å²) < 4.78 is 0. The zero-order valence-electron chi connectivity index (χ0n) is 9.70. The van der Waals surface area contributed by atoms with E-state index in [1.165, 1.54) is 5.56 Å². The van der Waals surface area contributed by atoms with Crippen molar-refractivity contribution in [2.75, 3.05) is 0 Å². The van der Waals surface area contributed by atoms with Gasteiger partial charge in [-0.05, 0) is 44.4 Å². The highest BCUT2D eigenvalue weighted by Gasteiger charge is 2.19. The van der Waals surface area contributed by atoms with Crippen molar-refractivity contribution < 1.29 is 5.11 Å². The lowest BCUT2D eigenvalue weighted by Gasteiger charge is -2.18. The van der Waals surface area contributed by atoms with Gasteiger partial charge in [0.2, 0.25) is 0 Å². The van der Waals surface area contributed by atoms with E-state index in [0.717, 1.165) is 16.7 Å². The fourth-order valence-corrected chi connectivity index (χ4v) is 1.98. The molecule has 0 amide bonds. The van der Waals surface area contributed by atoms with E-state index in [4.69, 9.17) is 5.26 Å². The van der Waals surface area contributed by atoms with Crippen molar-refractivity contribution in [2.24, 2.45) is 5.92 Å². The van der Waals surface area contributed by atoms with Crippen LogP contribution in [-0.2, 0) is 0 Å². The largest absolute Gasteiger partial charge is 0.387 e. The smallest absolute Gasteiger partial charge is 0.0950 e. The Morgan fingerprint density at radius 1 is 1.20 bits per heavy atom. The Morgan fingerprint density at radius 2 is 1.67 bits per heavy atom. The first kappa shape index (κ1) is 11.7. The molecule has 2 nitrogen and oxygen atoms in total. The summed E-state index contributed by atoms with van der Waals surface area (Å²) in [6.45, 7) is 7.72. The van der Waals surface area contributed by atoms with Crippen molar-refractivity contribution in [1.29, 1.82) is 5.26 Å². The monoisotopic (exact) mass is 203 g/mol. The van der Waals surface area contributed by atoms with Crippen molar-refractivity contribution in [3.63, 3.8) is 0 Å². The molecule has 1 aromatic carbocycles. The van der Waals surface area contributed by atoms with E-state index in [2.05, 4.69) is 6.07 Å². The molecule has 0 radical (unpaired) electrons. The molecule has 0 bridgehead atoms. The Balaban J connectivity index is 3.21. The maximum absolute atomic E-state index is 10.0. The van der Waals surface area contributed by atoms with Crippen LogP contribution in [0.25, 0.3) is 0 Å². The van der Waals surface area contributed by atoms with Crippen LogP contribution in [0.15, 0.2) is 12.1 Å². The molecule has 15 heavy (non-hydrogen) atoms. The Morgan fingerprint density at radius 3 is 2.07 bits per heavy atom. The summed E-state index contributed by atoms with van der Waals surface area (Å²) in [5.74, 6) is -0.370. The molecule has 0 aliphatic heterocycles. The van der Waals surface area contributed by atoms with E-state index in [0.29, 0.717) is 0 Å². The lowest BCUT2D eigenvalue weighted by molar-refractivity contribution is 0.141. The van der Waals surface area contributed by atoms with E-state index in [1.54, 1.807) is 6.92 Å². The van der Waals surface area contributed by atoms with Crippen LogP contribution in [0.2, 0.25) is 0 Å². The van der Waals surface area contributed by atoms with Crippen molar-refractivity contribution in [1.82, 2.24) is 0 Å². The number of nitriles is 1. The Bertz CT molecular complexity index is 380. The molecule has 1 aromatic rings. The van der Waals surface area contributed by atoms with Gasteiger partial charge in [0.25, 0.3) is 0 Å². The normalized spacial score (nSPS) is 14.4. The molecule has 2 atom stereocenters. The summed E-state index contributed by atoms with van der Waals surface area (Å²) in [6.07, 6.45) is -0.685. The number of aryl methyl sites for hydroxylation is 3. The van der Waals surface area contributed by atoms with Crippen LogP contribution in [-0.4, -0.2) is 5.11 Å². The fourth-order valence-electron chi connectivity index (χ4n) is 1.98. The third kappa shape index (κ3) is 2.37. The molecule has 0 heterocycles. The average molecular weight is 203 g/mol. The topological polar surface area (TPSA) is 44.0 Å². The number of aliphatic hydroxyl groups is 1. The number of hydrogen-bond donors (Lipinski definition) is 1. The third-order valence-electron chi connectivity index (χ3n) is 2.71. The summed E-state index contributed by atoms with van der Waals surface area (Å²) in [7, 11) is 0. The molecule has 1 rings (SSSR count). The summed E-state index contributed by atoms with van der Waals surface area (Å²) in [5, 5.41) is 18.8. The van der Waals surface area contributed by atoms with Crippen LogP contribution in [0.1, 0.15) is 35.3 Å². The minimum Gasteiger partial charge on any atom is -0.387 e. The third-order valence-corrected chi connectivity index (χ3v) is 2.71. The first-order chi connectivity index (χ1) is 6.97. The van der Waals surface area contributed by atoms with E-state index >= 15 is 0 Å². The number of rotatable bonds is 2. The molecule has 0 saturated carbocycles. The molecule has 2 heteroatoms. The molecule has 0 aliphatic carbocycles. The lowest BCUT2D eigenvalue weighted by atomic mass is 9.90. The second kappa shape index (κ2) is 4.46. The zero-order valence-corrected chi connectivity index (χ0v) is 9.70. The molecule has 0 aliphatic rings. The Labute approximate surface area is 91.2 Å². The van der Waals surface area contributed by atoms with Crippen molar-refractivity contribution in [3.8, 4) is 6.07 Å². The van der Waals surface area contributed by atoms with Gasteiger partial charge >= 0.3 is 0 Å². The zero-order chi connectivity index (χ0) is 11.6. The highest BCUT2D eigenvalue weighted by molar-refractivity contribution is 5.39. The molecule has 0 fully saturated rings. The van der Waals surface area contributed by atoms with Gasteiger partial charge < -0.3 is 5.11 Å². The molecular formula is C13H17NO. The van der Waals surface area contributed by atoms with Gasteiger partial charge in [-0.2, -0.15) is 5.26 Å². The second-order valence-electron chi connectivity index (χ2n) is 4.18. The van der Waals surface area contributed by atoms with E-state index in [-0.39, 0.29) is 5.92 Å². The van der Waals surface area contributed by atoms with Gasteiger partial charge in [0.05, 0.1) is 18.1 Å². The number of benzene rings is 1. The maximum atomic E-state index is 10.0. The van der Waals surface area contributed by atoms with E-state index in [9.17, 15) is 5.11 Å². The molecular weight excluding hydrogens is 186 g/mol. The average Bonchev–Trinajstić information content (AvgIpc) is 2.14. The summed E-state index contributed by atoms with van der Waals surface area (Å²) in [4.78, 5) is 0. The van der Waals surface area contributed by atoms with Crippen LogP contribution in [0.5, 0.6) is 0 Å². The van der Waals surface area contributed by atoms with Crippen LogP contribution in [0.3, 0.4) is 0 Å². The molecule has 0 spiro atoms. The van der Waals surface area contributed by atoms with E-state index < -0.39 is 6.10 Å². The fraction of sp³-hybridized carbons (Fsp3) is 0.462. The summed E-state index contributed by atoms with van der Waals surface area (Å²) >= 11 is 0.